The second-order valence-electron chi connectivity index (χ2n) is 5.04. The largest absolute Gasteiger partial charge is 0.477 e. The van der Waals surface area contributed by atoms with Crippen molar-refractivity contribution in [3.05, 3.63) is 53.2 Å². The Kier molecular flexibility index (Phi) is 5.67. The number of amides is 2. The van der Waals surface area contributed by atoms with Crippen molar-refractivity contribution in [1.82, 2.24) is 15.6 Å². The molecule has 0 unspecified atom stereocenters. The number of pyridine rings is 1. The summed E-state index contributed by atoms with van der Waals surface area (Å²) in [6.45, 7) is 2.52. The van der Waals surface area contributed by atoms with Crippen molar-refractivity contribution in [2.75, 3.05) is 13.1 Å². The zero-order valence-electron chi connectivity index (χ0n) is 13.0. The highest BCUT2D eigenvalue weighted by Crippen LogP contribution is 2.07. The first kappa shape index (κ1) is 17.2. The van der Waals surface area contributed by atoms with Gasteiger partial charge in [0.1, 0.15) is 5.69 Å². The van der Waals surface area contributed by atoms with Crippen LogP contribution in [-0.2, 0) is 0 Å². The highest BCUT2D eigenvalue weighted by atomic mass is 16.4. The number of carbonyl (C=O) groups is 3. The number of aromatic carboxylic acids is 1. The lowest BCUT2D eigenvalue weighted by Crippen LogP contribution is -2.30. The molecule has 0 aliphatic carbocycles. The molecule has 2 heterocycles. The molecule has 2 aromatic rings. The zero-order valence-corrected chi connectivity index (χ0v) is 13.0. The SMILES string of the molecule is Cc1ccoc1C(=O)NCCCNC(=O)c1ccc(C(=O)O)nc1. The van der Waals surface area contributed by atoms with Crippen molar-refractivity contribution in [2.45, 2.75) is 13.3 Å². The second kappa shape index (κ2) is 7.91. The highest BCUT2D eigenvalue weighted by Gasteiger charge is 2.12. The Morgan fingerprint density at radius 2 is 1.83 bits per heavy atom. The third kappa shape index (κ3) is 4.42. The Labute approximate surface area is 137 Å². The van der Waals surface area contributed by atoms with Gasteiger partial charge >= 0.3 is 5.97 Å². The van der Waals surface area contributed by atoms with E-state index in [0.29, 0.717) is 19.5 Å². The fourth-order valence-electron chi connectivity index (χ4n) is 1.93. The number of nitrogens with one attached hydrogen (secondary N) is 2. The van der Waals surface area contributed by atoms with Gasteiger partial charge in [-0.15, -0.1) is 0 Å². The summed E-state index contributed by atoms with van der Waals surface area (Å²) in [5, 5.41) is 14.1. The molecule has 2 aromatic heterocycles. The smallest absolute Gasteiger partial charge is 0.354 e. The van der Waals surface area contributed by atoms with E-state index in [2.05, 4.69) is 15.6 Å². The molecule has 126 valence electrons. The van der Waals surface area contributed by atoms with Crippen molar-refractivity contribution in [1.29, 1.82) is 0 Å². The molecule has 0 aliphatic heterocycles. The molecule has 0 atom stereocenters. The van der Waals surface area contributed by atoms with Gasteiger partial charge in [0.2, 0.25) is 0 Å². The van der Waals surface area contributed by atoms with Crippen LogP contribution in [0.25, 0.3) is 0 Å². The molecule has 0 saturated heterocycles. The van der Waals surface area contributed by atoms with Crippen LogP contribution in [0, 0.1) is 6.92 Å². The summed E-state index contributed by atoms with van der Waals surface area (Å²) in [6, 6.07) is 4.37. The van der Waals surface area contributed by atoms with Gasteiger partial charge in [0, 0.05) is 24.8 Å². The van der Waals surface area contributed by atoms with Crippen LogP contribution < -0.4 is 10.6 Å². The summed E-state index contributed by atoms with van der Waals surface area (Å²) >= 11 is 0. The van der Waals surface area contributed by atoms with Gasteiger partial charge in [-0.05, 0) is 31.5 Å². The van der Waals surface area contributed by atoms with E-state index in [0.717, 1.165) is 5.56 Å². The number of aryl methyl sites for hydroxylation is 1. The molecule has 0 aromatic carbocycles. The predicted molar refractivity (Wildman–Crippen MR) is 83.9 cm³/mol. The monoisotopic (exact) mass is 331 g/mol. The van der Waals surface area contributed by atoms with E-state index in [9.17, 15) is 14.4 Å². The number of furan rings is 1. The van der Waals surface area contributed by atoms with E-state index in [1.165, 1.54) is 24.6 Å². The van der Waals surface area contributed by atoms with Crippen LogP contribution >= 0.6 is 0 Å². The first-order valence-corrected chi connectivity index (χ1v) is 7.29. The summed E-state index contributed by atoms with van der Waals surface area (Å²) in [6.07, 6.45) is 3.20. The van der Waals surface area contributed by atoms with Crippen LogP contribution in [0.15, 0.2) is 35.1 Å². The third-order valence-electron chi connectivity index (χ3n) is 3.24. The summed E-state index contributed by atoms with van der Waals surface area (Å²) < 4.78 is 5.08. The van der Waals surface area contributed by atoms with Crippen LogP contribution in [0.2, 0.25) is 0 Å². The Morgan fingerprint density at radius 3 is 2.38 bits per heavy atom. The summed E-state index contributed by atoms with van der Waals surface area (Å²) in [7, 11) is 0. The van der Waals surface area contributed by atoms with Gasteiger partial charge in [0.25, 0.3) is 11.8 Å². The number of carbonyl (C=O) groups excluding carboxylic acids is 2. The van der Waals surface area contributed by atoms with Gasteiger partial charge in [-0.2, -0.15) is 0 Å². The lowest BCUT2D eigenvalue weighted by Gasteiger charge is -2.06. The van der Waals surface area contributed by atoms with Gasteiger partial charge < -0.3 is 20.2 Å². The molecule has 0 aliphatic rings. The Balaban J connectivity index is 1.70. The Morgan fingerprint density at radius 1 is 1.12 bits per heavy atom. The zero-order chi connectivity index (χ0) is 17.5. The quantitative estimate of drug-likeness (QED) is 0.656. The van der Waals surface area contributed by atoms with Crippen molar-refractivity contribution in [3.8, 4) is 0 Å². The van der Waals surface area contributed by atoms with Crippen molar-refractivity contribution < 1.29 is 23.9 Å². The van der Waals surface area contributed by atoms with E-state index in [4.69, 9.17) is 9.52 Å². The summed E-state index contributed by atoms with van der Waals surface area (Å²) in [4.78, 5) is 38.0. The van der Waals surface area contributed by atoms with Gasteiger partial charge in [-0.3, -0.25) is 9.59 Å². The van der Waals surface area contributed by atoms with Crippen LogP contribution in [0.3, 0.4) is 0 Å². The molecule has 8 nitrogen and oxygen atoms in total. The molecule has 24 heavy (non-hydrogen) atoms. The molecule has 0 saturated carbocycles. The molecule has 0 spiro atoms. The van der Waals surface area contributed by atoms with E-state index in [1.807, 2.05) is 0 Å². The number of carboxylic acids is 1. The van der Waals surface area contributed by atoms with Gasteiger partial charge in [0.15, 0.2) is 5.76 Å². The maximum Gasteiger partial charge on any atom is 0.354 e. The molecule has 0 radical (unpaired) electrons. The number of hydrogen-bond donors (Lipinski definition) is 3. The lowest BCUT2D eigenvalue weighted by molar-refractivity contribution is 0.0689. The van der Waals surface area contributed by atoms with Crippen LogP contribution in [0.5, 0.6) is 0 Å². The standard InChI is InChI=1S/C16H17N3O5/c1-10-5-8-24-13(10)15(21)18-7-2-6-17-14(20)11-3-4-12(16(22)23)19-9-11/h3-5,8-9H,2,6-7H2,1H3,(H,17,20)(H,18,21)(H,22,23). The fourth-order valence-corrected chi connectivity index (χ4v) is 1.93. The van der Waals surface area contributed by atoms with Crippen molar-refractivity contribution >= 4 is 17.8 Å². The average Bonchev–Trinajstić information content (AvgIpc) is 3.00. The topological polar surface area (TPSA) is 122 Å². The molecule has 2 amide bonds. The van der Waals surface area contributed by atoms with Crippen molar-refractivity contribution in [3.63, 3.8) is 0 Å². The van der Waals surface area contributed by atoms with Crippen molar-refractivity contribution in [2.24, 2.45) is 0 Å². The van der Waals surface area contributed by atoms with Gasteiger partial charge in [0.05, 0.1) is 11.8 Å². The number of rotatable bonds is 7. The first-order chi connectivity index (χ1) is 11.5. The minimum Gasteiger partial charge on any atom is -0.477 e. The Hall–Kier alpha value is -3.16. The molecular weight excluding hydrogens is 314 g/mol. The van der Waals surface area contributed by atoms with Gasteiger partial charge in [-0.25, -0.2) is 9.78 Å². The highest BCUT2D eigenvalue weighted by molar-refractivity contribution is 5.95. The van der Waals surface area contributed by atoms with E-state index < -0.39 is 5.97 Å². The predicted octanol–water partition coefficient (Wildman–Crippen LogP) is 1.23. The van der Waals surface area contributed by atoms with E-state index >= 15 is 0 Å². The summed E-state index contributed by atoms with van der Waals surface area (Å²) in [5.41, 5.74) is 0.913. The number of hydrogen-bond acceptors (Lipinski definition) is 5. The number of aromatic nitrogens is 1. The number of carboxylic acid groups (broad SMARTS) is 1. The van der Waals surface area contributed by atoms with Gasteiger partial charge in [-0.1, -0.05) is 0 Å². The first-order valence-electron chi connectivity index (χ1n) is 7.29. The van der Waals surface area contributed by atoms with E-state index in [1.54, 1.807) is 13.0 Å². The lowest BCUT2D eigenvalue weighted by atomic mass is 10.2. The van der Waals surface area contributed by atoms with Crippen LogP contribution in [0.1, 0.15) is 43.4 Å². The molecule has 0 fully saturated rings. The maximum atomic E-state index is 11.9. The van der Waals surface area contributed by atoms with Crippen LogP contribution in [0.4, 0.5) is 0 Å². The molecular formula is C16H17N3O5. The number of nitrogens with zero attached hydrogens (tertiary/aromatic N) is 1. The minimum absolute atomic E-state index is 0.123. The molecule has 0 bridgehead atoms. The van der Waals surface area contributed by atoms with E-state index in [-0.39, 0.29) is 28.8 Å². The molecule has 2 rings (SSSR count). The molecule has 8 heteroatoms. The normalized spacial score (nSPS) is 10.2. The fraction of sp³-hybridized carbons (Fsp3) is 0.250. The Bertz CT molecular complexity index is 736. The third-order valence-corrected chi connectivity index (χ3v) is 3.24. The molecule has 3 N–H and O–H groups in total. The second-order valence-corrected chi connectivity index (χ2v) is 5.04. The summed E-state index contributed by atoms with van der Waals surface area (Å²) in [5.74, 6) is -1.52. The van der Waals surface area contributed by atoms with Crippen LogP contribution in [-0.4, -0.2) is 41.0 Å². The maximum absolute atomic E-state index is 11.9. The minimum atomic E-state index is -1.15. The average molecular weight is 331 g/mol.